The van der Waals surface area contributed by atoms with E-state index >= 15 is 0 Å². The molecule has 0 bridgehead atoms. The second-order valence-corrected chi connectivity index (χ2v) is 9.01. The van der Waals surface area contributed by atoms with Gasteiger partial charge in [-0.1, -0.05) is 45.9 Å². The molecule has 4 rings (SSSR count). The molecule has 140 valence electrons. The van der Waals surface area contributed by atoms with Crippen LogP contribution in [-0.4, -0.2) is 11.1 Å². The Kier molecular flexibility index (Phi) is 5.75. The van der Waals surface area contributed by atoms with Crippen molar-refractivity contribution in [3.8, 4) is 0 Å². The number of carbonyl (C=O) groups excluding carboxylic acids is 1. The number of aliphatic imine (C=N–C) groups is 1. The van der Waals surface area contributed by atoms with E-state index in [0.717, 1.165) is 25.7 Å². The van der Waals surface area contributed by atoms with Crippen LogP contribution < -0.4 is 5.32 Å². The molecule has 1 aliphatic rings. The first-order valence-electron chi connectivity index (χ1n) is 8.45. The molecule has 4 nitrogen and oxygen atoms in total. The third kappa shape index (κ3) is 4.60. The minimum absolute atomic E-state index is 0.174. The number of amides is 1. The molecule has 0 saturated carbocycles. The molecule has 1 N–H and O–H groups in total. The van der Waals surface area contributed by atoms with E-state index in [1.807, 2.05) is 67.6 Å². The predicted molar refractivity (Wildman–Crippen MR) is 119 cm³/mol. The average Bonchev–Trinajstić information content (AvgIpc) is 3.25. The van der Waals surface area contributed by atoms with Gasteiger partial charge in [-0.15, -0.1) is 0 Å². The van der Waals surface area contributed by atoms with Crippen molar-refractivity contribution in [2.75, 3.05) is 0 Å². The third-order valence-electron chi connectivity index (χ3n) is 3.87. The predicted octanol–water partition coefficient (Wildman–Crippen LogP) is 6.39. The number of nitrogens with zero attached hydrogens (tertiary/aromatic N) is 1. The zero-order valence-electron chi connectivity index (χ0n) is 14.8. The second-order valence-electron chi connectivity index (χ2n) is 5.98. The lowest BCUT2D eigenvalue weighted by Gasteiger charge is -2.01. The minimum atomic E-state index is -0.174. The molecule has 2 heterocycles. The maximum atomic E-state index is 12.3. The number of hydrogen-bond acceptors (Lipinski definition) is 5. The number of thioether (sulfide) groups is 1. The Morgan fingerprint density at radius 1 is 1.14 bits per heavy atom. The summed E-state index contributed by atoms with van der Waals surface area (Å²) in [6, 6.07) is 19.6. The summed E-state index contributed by atoms with van der Waals surface area (Å²) in [5, 5.41) is 4.15. The normalized spacial score (nSPS) is 16.7. The quantitative estimate of drug-likeness (QED) is 0.448. The standard InChI is InChI=1S/C21H15BrN2O2S2/c1-13-11-14(22)7-9-17(13)23-21-24-20(25)18(28-21)12-15-8-10-19(26-15)27-16-5-3-2-4-6-16/h2-12H,1H3,(H,23,24,25)/b18-12-. The molecule has 1 aliphatic heterocycles. The Labute approximate surface area is 179 Å². The van der Waals surface area contributed by atoms with E-state index in [9.17, 15) is 4.79 Å². The molecular formula is C21H15BrN2O2S2. The minimum Gasteiger partial charge on any atom is -0.450 e. The fraction of sp³-hybridized carbons (Fsp3) is 0.0476. The van der Waals surface area contributed by atoms with Gasteiger partial charge in [-0.05, 0) is 66.7 Å². The summed E-state index contributed by atoms with van der Waals surface area (Å²) in [5.74, 6) is 0.462. The number of amidine groups is 1. The Balaban J connectivity index is 1.50. The Morgan fingerprint density at radius 3 is 2.75 bits per heavy atom. The second kappa shape index (κ2) is 8.43. The van der Waals surface area contributed by atoms with Crippen molar-refractivity contribution in [3.05, 3.63) is 81.4 Å². The molecule has 0 atom stereocenters. The Morgan fingerprint density at radius 2 is 1.96 bits per heavy atom. The van der Waals surface area contributed by atoms with Crippen LogP contribution in [0.3, 0.4) is 0 Å². The smallest absolute Gasteiger partial charge is 0.264 e. The van der Waals surface area contributed by atoms with E-state index in [1.54, 1.807) is 17.8 Å². The van der Waals surface area contributed by atoms with Gasteiger partial charge in [0.1, 0.15) is 5.76 Å². The van der Waals surface area contributed by atoms with E-state index < -0.39 is 0 Å². The lowest BCUT2D eigenvalue weighted by Crippen LogP contribution is -2.19. The number of aryl methyl sites for hydroxylation is 1. The van der Waals surface area contributed by atoms with Crippen LogP contribution in [0.5, 0.6) is 0 Å². The molecular weight excluding hydrogens is 456 g/mol. The molecule has 1 amide bonds. The average molecular weight is 471 g/mol. The van der Waals surface area contributed by atoms with E-state index in [4.69, 9.17) is 4.42 Å². The van der Waals surface area contributed by atoms with E-state index in [2.05, 4.69) is 26.2 Å². The van der Waals surface area contributed by atoms with Crippen LogP contribution in [0.4, 0.5) is 5.69 Å². The van der Waals surface area contributed by atoms with E-state index in [1.165, 1.54) is 11.8 Å². The summed E-state index contributed by atoms with van der Waals surface area (Å²) in [5.41, 5.74) is 1.86. The summed E-state index contributed by atoms with van der Waals surface area (Å²) >= 11 is 6.29. The molecule has 1 fully saturated rings. The Bertz CT molecular complexity index is 1090. The maximum absolute atomic E-state index is 12.3. The van der Waals surface area contributed by atoms with Crippen LogP contribution in [0.25, 0.3) is 6.08 Å². The highest BCUT2D eigenvalue weighted by molar-refractivity contribution is 9.10. The lowest BCUT2D eigenvalue weighted by atomic mass is 10.2. The summed E-state index contributed by atoms with van der Waals surface area (Å²) in [4.78, 5) is 18.5. The van der Waals surface area contributed by atoms with Crippen molar-refractivity contribution < 1.29 is 9.21 Å². The number of benzene rings is 2. The van der Waals surface area contributed by atoms with Crippen LogP contribution >= 0.6 is 39.5 Å². The van der Waals surface area contributed by atoms with Crippen molar-refractivity contribution in [1.82, 2.24) is 5.32 Å². The monoisotopic (exact) mass is 470 g/mol. The van der Waals surface area contributed by atoms with Crippen molar-refractivity contribution >= 4 is 62.3 Å². The van der Waals surface area contributed by atoms with Gasteiger partial charge in [-0.2, -0.15) is 0 Å². The third-order valence-corrected chi connectivity index (χ3v) is 6.20. The molecule has 0 unspecified atom stereocenters. The first kappa shape index (κ1) is 19.1. The highest BCUT2D eigenvalue weighted by Gasteiger charge is 2.24. The Hall–Kier alpha value is -2.22. The van der Waals surface area contributed by atoms with Crippen LogP contribution in [0.1, 0.15) is 11.3 Å². The van der Waals surface area contributed by atoms with Gasteiger partial charge in [0.15, 0.2) is 10.3 Å². The first-order valence-corrected chi connectivity index (χ1v) is 10.9. The zero-order valence-corrected chi connectivity index (χ0v) is 18.0. The van der Waals surface area contributed by atoms with Gasteiger partial charge >= 0.3 is 0 Å². The summed E-state index contributed by atoms with van der Waals surface area (Å²) in [7, 11) is 0. The van der Waals surface area contributed by atoms with Gasteiger partial charge in [-0.25, -0.2) is 4.99 Å². The van der Waals surface area contributed by atoms with Crippen molar-refractivity contribution in [1.29, 1.82) is 0 Å². The molecule has 0 aliphatic carbocycles. The fourth-order valence-corrected chi connectivity index (χ4v) is 4.62. The van der Waals surface area contributed by atoms with Gasteiger partial charge in [0.2, 0.25) is 0 Å². The number of halogens is 1. The molecule has 0 spiro atoms. The largest absolute Gasteiger partial charge is 0.450 e. The molecule has 28 heavy (non-hydrogen) atoms. The molecule has 7 heteroatoms. The van der Waals surface area contributed by atoms with Crippen LogP contribution in [0, 0.1) is 6.92 Å². The molecule has 1 saturated heterocycles. The van der Waals surface area contributed by atoms with Gasteiger partial charge in [-0.3, -0.25) is 4.79 Å². The number of hydrogen-bond donors (Lipinski definition) is 1. The fourth-order valence-electron chi connectivity index (χ4n) is 2.53. The highest BCUT2D eigenvalue weighted by Crippen LogP contribution is 2.33. The van der Waals surface area contributed by atoms with Gasteiger partial charge in [0.25, 0.3) is 5.91 Å². The van der Waals surface area contributed by atoms with Crippen molar-refractivity contribution in [2.24, 2.45) is 4.99 Å². The van der Waals surface area contributed by atoms with Crippen LogP contribution in [0.2, 0.25) is 0 Å². The topological polar surface area (TPSA) is 54.6 Å². The van der Waals surface area contributed by atoms with Crippen LogP contribution in [-0.2, 0) is 4.79 Å². The lowest BCUT2D eigenvalue weighted by molar-refractivity contribution is -0.115. The SMILES string of the molecule is Cc1cc(Br)ccc1N=C1NC(=O)/C(=C/c2ccc(Sc3ccccc3)o2)S1. The van der Waals surface area contributed by atoms with E-state index in [0.29, 0.717) is 15.8 Å². The summed E-state index contributed by atoms with van der Waals surface area (Å²) in [6.07, 6.45) is 1.74. The van der Waals surface area contributed by atoms with E-state index in [-0.39, 0.29) is 5.91 Å². The van der Waals surface area contributed by atoms with Gasteiger partial charge < -0.3 is 9.73 Å². The number of carbonyl (C=O) groups is 1. The van der Waals surface area contributed by atoms with Crippen LogP contribution in [0.15, 0.2) is 89.4 Å². The van der Waals surface area contributed by atoms with Gasteiger partial charge in [0.05, 0.1) is 10.6 Å². The number of furan rings is 1. The maximum Gasteiger partial charge on any atom is 0.264 e. The first-order chi connectivity index (χ1) is 13.6. The summed E-state index contributed by atoms with van der Waals surface area (Å²) in [6.45, 7) is 1.98. The molecule has 3 aromatic rings. The van der Waals surface area contributed by atoms with Crippen molar-refractivity contribution in [3.63, 3.8) is 0 Å². The zero-order chi connectivity index (χ0) is 19.5. The molecule has 0 radical (unpaired) electrons. The number of nitrogens with one attached hydrogen (secondary N) is 1. The highest BCUT2D eigenvalue weighted by atomic mass is 79.9. The van der Waals surface area contributed by atoms with Gasteiger partial charge in [0, 0.05) is 15.4 Å². The molecule has 1 aromatic heterocycles. The molecule has 2 aromatic carbocycles. The summed E-state index contributed by atoms with van der Waals surface area (Å²) < 4.78 is 6.83. The number of rotatable bonds is 4. The van der Waals surface area contributed by atoms with Crippen molar-refractivity contribution in [2.45, 2.75) is 16.9 Å².